The highest BCUT2D eigenvalue weighted by Crippen LogP contribution is 2.29. The van der Waals surface area contributed by atoms with Crippen LogP contribution in [-0.4, -0.2) is 36.2 Å². The highest BCUT2D eigenvalue weighted by Gasteiger charge is 2.26. The van der Waals surface area contributed by atoms with Crippen molar-refractivity contribution in [2.45, 2.75) is 25.3 Å². The van der Waals surface area contributed by atoms with E-state index in [-0.39, 0.29) is 11.9 Å². The van der Waals surface area contributed by atoms with Crippen molar-refractivity contribution in [3.05, 3.63) is 65.7 Å². The van der Waals surface area contributed by atoms with Crippen molar-refractivity contribution in [1.29, 1.82) is 0 Å². The highest BCUT2D eigenvalue weighted by atomic mass is 16.5. The lowest BCUT2D eigenvalue weighted by molar-refractivity contribution is -0.129. The zero-order valence-corrected chi connectivity index (χ0v) is 14.7. The second-order valence-electron chi connectivity index (χ2n) is 6.55. The van der Waals surface area contributed by atoms with Crippen LogP contribution in [0.25, 0.3) is 0 Å². The predicted molar refractivity (Wildman–Crippen MR) is 99.1 cm³/mol. The number of hydroxylamine groups is 1. The fraction of sp³-hybridized carbons (Fsp3) is 0.300. The number of hydrogen-bond donors (Lipinski definition) is 3. The van der Waals surface area contributed by atoms with Crippen LogP contribution in [0.4, 0.5) is 5.69 Å². The van der Waals surface area contributed by atoms with Crippen molar-refractivity contribution in [1.82, 2.24) is 10.8 Å². The minimum atomic E-state index is -0.588. The summed E-state index contributed by atoms with van der Waals surface area (Å²) in [4.78, 5) is 25.7. The molecule has 2 aromatic rings. The van der Waals surface area contributed by atoms with Gasteiger partial charge in [0.1, 0.15) is 0 Å². The Balaban J connectivity index is 1.85. The number of benzene rings is 2. The van der Waals surface area contributed by atoms with Crippen molar-refractivity contribution >= 4 is 17.5 Å². The van der Waals surface area contributed by atoms with Gasteiger partial charge >= 0.3 is 0 Å². The molecule has 6 nitrogen and oxygen atoms in total. The van der Waals surface area contributed by atoms with E-state index in [1.807, 2.05) is 54.6 Å². The number of nitrogens with zero attached hydrogens (tertiary/aromatic N) is 1. The maximum atomic E-state index is 12.3. The molecule has 2 aromatic carbocycles. The van der Waals surface area contributed by atoms with Crippen LogP contribution in [0, 0.1) is 0 Å². The van der Waals surface area contributed by atoms with Crippen LogP contribution >= 0.6 is 0 Å². The van der Waals surface area contributed by atoms with Crippen LogP contribution in [-0.2, 0) is 9.59 Å². The normalized spacial score (nSPS) is 17.6. The van der Waals surface area contributed by atoms with E-state index in [1.54, 1.807) is 5.48 Å². The SMILES string of the molecule is CC(=O)NC1CCN(c2cccc(C(C(=O)NO)c3ccccc3)c2)C1. The first kappa shape index (κ1) is 17.9. The highest BCUT2D eigenvalue weighted by molar-refractivity contribution is 5.86. The molecule has 1 aliphatic rings. The number of carbonyl (C=O) groups excluding carboxylic acids is 2. The van der Waals surface area contributed by atoms with Crippen LogP contribution in [0.5, 0.6) is 0 Å². The topological polar surface area (TPSA) is 81.7 Å². The Labute approximate surface area is 152 Å². The van der Waals surface area contributed by atoms with Gasteiger partial charge in [-0.25, -0.2) is 5.48 Å². The predicted octanol–water partition coefficient (Wildman–Crippen LogP) is 2.04. The largest absolute Gasteiger partial charge is 0.369 e. The number of anilines is 1. The molecule has 1 heterocycles. The summed E-state index contributed by atoms with van der Waals surface area (Å²) in [6, 6.07) is 17.3. The Morgan fingerprint density at radius 2 is 1.85 bits per heavy atom. The van der Waals surface area contributed by atoms with E-state index in [9.17, 15) is 14.8 Å². The van der Waals surface area contributed by atoms with Gasteiger partial charge in [0.25, 0.3) is 5.91 Å². The molecule has 6 heteroatoms. The van der Waals surface area contributed by atoms with Gasteiger partial charge in [-0.15, -0.1) is 0 Å². The fourth-order valence-electron chi connectivity index (χ4n) is 3.51. The van der Waals surface area contributed by atoms with E-state index in [0.717, 1.165) is 36.3 Å². The fourth-order valence-corrected chi connectivity index (χ4v) is 3.51. The first-order valence-electron chi connectivity index (χ1n) is 8.69. The lowest BCUT2D eigenvalue weighted by Crippen LogP contribution is -2.35. The second kappa shape index (κ2) is 8.01. The van der Waals surface area contributed by atoms with Gasteiger partial charge in [0.2, 0.25) is 5.91 Å². The average Bonchev–Trinajstić information content (AvgIpc) is 3.11. The summed E-state index contributed by atoms with van der Waals surface area (Å²) in [6.07, 6.45) is 0.892. The molecule has 26 heavy (non-hydrogen) atoms. The summed E-state index contributed by atoms with van der Waals surface area (Å²) >= 11 is 0. The van der Waals surface area contributed by atoms with Gasteiger partial charge < -0.3 is 10.2 Å². The Bertz CT molecular complexity index is 779. The minimum absolute atomic E-state index is 0.0191. The van der Waals surface area contributed by atoms with Crippen molar-refractivity contribution in [2.24, 2.45) is 0 Å². The molecule has 1 saturated heterocycles. The van der Waals surface area contributed by atoms with Crippen LogP contribution in [0.15, 0.2) is 54.6 Å². The quantitative estimate of drug-likeness (QED) is 0.568. The lowest BCUT2D eigenvalue weighted by Gasteiger charge is -2.22. The molecule has 0 aliphatic carbocycles. The van der Waals surface area contributed by atoms with Crippen molar-refractivity contribution in [3.8, 4) is 0 Å². The summed E-state index contributed by atoms with van der Waals surface area (Å²) in [6.45, 7) is 3.11. The number of nitrogens with one attached hydrogen (secondary N) is 2. The number of rotatable bonds is 5. The first-order chi connectivity index (χ1) is 12.6. The maximum absolute atomic E-state index is 12.3. The molecule has 0 aromatic heterocycles. The molecule has 0 radical (unpaired) electrons. The number of amides is 2. The Kier molecular flexibility index (Phi) is 5.53. The summed E-state index contributed by atoms with van der Waals surface area (Å²) in [5.74, 6) is -1.07. The van der Waals surface area contributed by atoms with E-state index in [0.29, 0.717) is 0 Å². The molecular formula is C20H23N3O3. The van der Waals surface area contributed by atoms with E-state index in [1.165, 1.54) is 6.92 Å². The zero-order chi connectivity index (χ0) is 18.5. The molecule has 1 fully saturated rings. The average molecular weight is 353 g/mol. The Morgan fingerprint density at radius 1 is 1.12 bits per heavy atom. The van der Waals surface area contributed by atoms with Gasteiger partial charge in [-0.3, -0.25) is 14.8 Å². The Hall–Kier alpha value is -2.86. The third-order valence-electron chi connectivity index (χ3n) is 4.67. The van der Waals surface area contributed by atoms with Gasteiger partial charge in [-0.1, -0.05) is 42.5 Å². The molecule has 0 spiro atoms. The molecule has 0 saturated carbocycles. The first-order valence-corrected chi connectivity index (χ1v) is 8.69. The minimum Gasteiger partial charge on any atom is -0.369 e. The Morgan fingerprint density at radius 3 is 2.54 bits per heavy atom. The molecule has 2 unspecified atom stereocenters. The second-order valence-corrected chi connectivity index (χ2v) is 6.55. The standard InChI is InChI=1S/C20H23N3O3/c1-14(24)21-17-10-11-23(13-17)18-9-5-8-16(12-18)19(20(25)22-26)15-6-3-2-4-7-15/h2-9,12,17,19,26H,10-11,13H2,1H3,(H,21,24)(H,22,25). The molecule has 3 rings (SSSR count). The van der Waals surface area contributed by atoms with Gasteiger partial charge in [0.05, 0.1) is 5.92 Å². The number of carbonyl (C=O) groups is 2. The van der Waals surface area contributed by atoms with Crippen molar-refractivity contribution < 1.29 is 14.8 Å². The molecule has 1 aliphatic heterocycles. The molecule has 2 atom stereocenters. The summed E-state index contributed by atoms with van der Waals surface area (Å²) in [5.41, 5.74) is 4.40. The third-order valence-corrected chi connectivity index (χ3v) is 4.67. The zero-order valence-electron chi connectivity index (χ0n) is 14.7. The van der Waals surface area contributed by atoms with Crippen molar-refractivity contribution in [3.63, 3.8) is 0 Å². The van der Waals surface area contributed by atoms with Gasteiger partial charge in [0, 0.05) is 31.7 Å². The smallest absolute Gasteiger partial charge is 0.255 e. The summed E-state index contributed by atoms with van der Waals surface area (Å²) < 4.78 is 0. The molecule has 0 bridgehead atoms. The van der Waals surface area contributed by atoms with Gasteiger partial charge in [-0.2, -0.15) is 0 Å². The number of hydrogen-bond acceptors (Lipinski definition) is 4. The van der Waals surface area contributed by atoms with E-state index in [4.69, 9.17) is 0 Å². The monoisotopic (exact) mass is 353 g/mol. The molecule has 3 N–H and O–H groups in total. The molecular weight excluding hydrogens is 330 g/mol. The van der Waals surface area contributed by atoms with Crippen LogP contribution in [0.3, 0.4) is 0 Å². The maximum Gasteiger partial charge on any atom is 0.255 e. The molecule has 2 amide bonds. The third kappa shape index (κ3) is 4.03. The summed E-state index contributed by atoms with van der Waals surface area (Å²) in [5, 5.41) is 12.1. The van der Waals surface area contributed by atoms with E-state index in [2.05, 4.69) is 10.2 Å². The van der Waals surface area contributed by atoms with E-state index < -0.39 is 11.8 Å². The van der Waals surface area contributed by atoms with Gasteiger partial charge in [-0.05, 0) is 29.7 Å². The van der Waals surface area contributed by atoms with E-state index >= 15 is 0 Å². The van der Waals surface area contributed by atoms with Gasteiger partial charge in [0.15, 0.2) is 0 Å². The lowest BCUT2D eigenvalue weighted by atomic mass is 9.90. The summed E-state index contributed by atoms with van der Waals surface area (Å²) in [7, 11) is 0. The van der Waals surface area contributed by atoms with Crippen LogP contribution in [0.1, 0.15) is 30.4 Å². The van der Waals surface area contributed by atoms with Crippen molar-refractivity contribution in [2.75, 3.05) is 18.0 Å². The van der Waals surface area contributed by atoms with Crippen LogP contribution in [0.2, 0.25) is 0 Å². The molecule has 136 valence electrons. The van der Waals surface area contributed by atoms with Crippen LogP contribution < -0.4 is 15.7 Å².